The number of rotatable bonds is 3. The number of carbonyl (C=O) groups excluding carboxylic acids is 1. The Morgan fingerprint density at radius 1 is 1.56 bits per heavy atom. The molecule has 0 unspecified atom stereocenters. The van der Waals surface area contributed by atoms with Gasteiger partial charge in [-0.3, -0.25) is 10.1 Å². The summed E-state index contributed by atoms with van der Waals surface area (Å²) >= 11 is 1.38. The van der Waals surface area contributed by atoms with Crippen molar-refractivity contribution in [3.8, 4) is 0 Å². The molecular formula is C12H12FN3OS. The van der Waals surface area contributed by atoms with Crippen LogP contribution in [0.2, 0.25) is 0 Å². The zero-order valence-electron chi connectivity index (χ0n) is 10.0. The fraction of sp³-hybridized carbons (Fsp3) is 0.250. The van der Waals surface area contributed by atoms with Gasteiger partial charge in [0, 0.05) is 11.1 Å². The maximum atomic E-state index is 13.3. The minimum absolute atomic E-state index is 0.0802. The summed E-state index contributed by atoms with van der Waals surface area (Å²) in [5.41, 5.74) is 0.866. The van der Waals surface area contributed by atoms with Gasteiger partial charge in [-0.15, -0.1) is 11.3 Å². The largest absolute Gasteiger partial charge is 0.298 e. The van der Waals surface area contributed by atoms with Crippen molar-refractivity contribution in [2.45, 2.75) is 20.3 Å². The maximum absolute atomic E-state index is 13.3. The van der Waals surface area contributed by atoms with Crippen molar-refractivity contribution in [2.75, 3.05) is 5.32 Å². The van der Waals surface area contributed by atoms with Crippen LogP contribution in [-0.4, -0.2) is 15.9 Å². The fourth-order valence-electron chi connectivity index (χ4n) is 1.53. The standard InChI is InChI=1S/C12H12FN3OS/c1-3-9-7(2)18-12(15-9)16-11(17)8-5-4-6-14-10(8)13/h4-6H,3H2,1-2H3,(H,15,16,17). The van der Waals surface area contributed by atoms with E-state index in [1.165, 1.54) is 29.7 Å². The third-order valence-corrected chi connectivity index (χ3v) is 3.38. The second-order valence-electron chi connectivity index (χ2n) is 3.67. The van der Waals surface area contributed by atoms with Gasteiger partial charge in [0.15, 0.2) is 5.13 Å². The number of hydrogen-bond acceptors (Lipinski definition) is 4. The molecule has 1 N–H and O–H groups in total. The van der Waals surface area contributed by atoms with E-state index in [0.29, 0.717) is 5.13 Å². The highest BCUT2D eigenvalue weighted by Gasteiger charge is 2.14. The van der Waals surface area contributed by atoms with E-state index >= 15 is 0 Å². The van der Waals surface area contributed by atoms with E-state index in [4.69, 9.17) is 0 Å². The molecule has 0 spiro atoms. The molecular weight excluding hydrogens is 253 g/mol. The Balaban J connectivity index is 2.19. The Kier molecular flexibility index (Phi) is 3.66. The maximum Gasteiger partial charge on any atom is 0.262 e. The van der Waals surface area contributed by atoms with Gasteiger partial charge in [-0.05, 0) is 25.5 Å². The van der Waals surface area contributed by atoms with Gasteiger partial charge in [-0.1, -0.05) is 6.92 Å². The van der Waals surface area contributed by atoms with Gasteiger partial charge in [-0.2, -0.15) is 4.39 Å². The average molecular weight is 265 g/mol. The summed E-state index contributed by atoms with van der Waals surface area (Å²) in [5, 5.41) is 3.07. The molecule has 0 saturated heterocycles. The van der Waals surface area contributed by atoms with Crippen molar-refractivity contribution >= 4 is 22.4 Å². The highest BCUT2D eigenvalue weighted by Crippen LogP contribution is 2.22. The number of carbonyl (C=O) groups is 1. The topological polar surface area (TPSA) is 54.9 Å². The Morgan fingerprint density at radius 2 is 2.33 bits per heavy atom. The first-order chi connectivity index (χ1) is 8.61. The summed E-state index contributed by atoms with van der Waals surface area (Å²) in [6, 6.07) is 2.90. The molecule has 6 heteroatoms. The molecule has 0 aromatic carbocycles. The van der Waals surface area contributed by atoms with Crippen molar-refractivity contribution in [2.24, 2.45) is 0 Å². The van der Waals surface area contributed by atoms with Gasteiger partial charge in [0.05, 0.1) is 11.3 Å². The van der Waals surface area contributed by atoms with Crippen LogP contribution >= 0.6 is 11.3 Å². The first-order valence-corrected chi connectivity index (χ1v) is 6.31. The fourth-order valence-corrected chi connectivity index (χ4v) is 2.43. The number of aryl methyl sites for hydroxylation is 2. The molecule has 0 aliphatic heterocycles. The number of pyridine rings is 1. The molecule has 2 heterocycles. The second kappa shape index (κ2) is 5.22. The van der Waals surface area contributed by atoms with E-state index in [1.807, 2.05) is 13.8 Å². The van der Waals surface area contributed by atoms with Crippen molar-refractivity contribution in [3.63, 3.8) is 0 Å². The van der Waals surface area contributed by atoms with Crippen LogP contribution in [0.5, 0.6) is 0 Å². The number of nitrogens with one attached hydrogen (secondary N) is 1. The second-order valence-corrected chi connectivity index (χ2v) is 4.87. The number of amides is 1. The Bertz CT molecular complexity index is 582. The summed E-state index contributed by atoms with van der Waals surface area (Å²) in [7, 11) is 0. The lowest BCUT2D eigenvalue weighted by Crippen LogP contribution is -2.14. The summed E-state index contributed by atoms with van der Waals surface area (Å²) in [5.74, 6) is -1.31. The monoisotopic (exact) mass is 265 g/mol. The molecule has 0 bridgehead atoms. The summed E-state index contributed by atoms with van der Waals surface area (Å²) in [6.07, 6.45) is 2.11. The predicted molar refractivity (Wildman–Crippen MR) is 68.4 cm³/mol. The quantitative estimate of drug-likeness (QED) is 0.868. The van der Waals surface area contributed by atoms with E-state index in [9.17, 15) is 9.18 Å². The molecule has 0 aliphatic rings. The minimum atomic E-state index is -0.779. The van der Waals surface area contributed by atoms with E-state index < -0.39 is 11.9 Å². The van der Waals surface area contributed by atoms with Crippen molar-refractivity contribution in [3.05, 3.63) is 40.4 Å². The van der Waals surface area contributed by atoms with Crippen LogP contribution in [0.25, 0.3) is 0 Å². The third-order valence-electron chi connectivity index (χ3n) is 2.45. The van der Waals surface area contributed by atoms with Gasteiger partial charge >= 0.3 is 0 Å². The zero-order chi connectivity index (χ0) is 13.1. The van der Waals surface area contributed by atoms with Gasteiger partial charge in [0.2, 0.25) is 5.95 Å². The Morgan fingerprint density at radius 3 is 2.94 bits per heavy atom. The molecule has 0 aliphatic carbocycles. The van der Waals surface area contributed by atoms with Crippen molar-refractivity contribution in [1.29, 1.82) is 0 Å². The molecule has 1 amide bonds. The zero-order valence-corrected chi connectivity index (χ0v) is 10.8. The number of anilines is 1. The number of thiazole rings is 1. The number of halogens is 1. The third kappa shape index (κ3) is 2.53. The smallest absolute Gasteiger partial charge is 0.262 e. The average Bonchev–Trinajstić information content (AvgIpc) is 2.69. The molecule has 2 aromatic rings. The number of nitrogens with zero attached hydrogens (tertiary/aromatic N) is 2. The van der Waals surface area contributed by atoms with E-state index in [0.717, 1.165) is 17.0 Å². The lowest BCUT2D eigenvalue weighted by atomic mass is 10.2. The van der Waals surface area contributed by atoms with Crippen LogP contribution in [0.1, 0.15) is 27.9 Å². The van der Waals surface area contributed by atoms with Crippen molar-refractivity contribution in [1.82, 2.24) is 9.97 Å². The highest BCUT2D eigenvalue weighted by molar-refractivity contribution is 7.15. The van der Waals surface area contributed by atoms with Crippen molar-refractivity contribution < 1.29 is 9.18 Å². The molecule has 4 nitrogen and oxygen atoms in total. The van der Waals surface area contributed by atoms with E-state index in [1.54, 1.807) is 0 Å². The van der Waals surface area contributed by atoms with Gasteiger partial charge in [0.1, 0.15) is 0 Å². The molecule has 94 valence electrons. The molecule has 0 radical (unpaired) electrons. The molecule has 18 heavy (non-hydrogen) atoms. The van der Waals surface area contributed by atoms with Crippen LogP contribution in [0.3, 0.4) is 0 Å². The summed E-state index contributed by atoms with van der Waals surface area (Å²) in [6.45, 7) is 3.94. The molecule has 2 rings (SSSR count). The summed E-state index contributed by atoms with van der Waals surface area (Å²) in [4.78, 5) is 20.6. The van der Waals surface area contributed by atoms with Crippen LogP contribution < -0.4 is 5.32 Å². The van der Waals surface area contributed by atoms with Gasteiger partial charge < -0.3 is 0 Å². The van der Waals surface area contributed by atoms with Crippen LogP contribution in [0.4, 0.5) is 9.52 Å². The van der Waals surface area contributed by atoms with E-state index in [2.05, 4.69) is 15.3 Å². The highest BCUT2D eigenvalue weighted by atomic mass is 32.1. The van der Waals surface area contributed by atoms with Crippen LogP contribution in [0.15, 0.2) is 18.3 Å². The Hall–Kier alpha value is -1.82. The SMILES string of the molecule is CCc1nc(NC(=O)c2cccnc2F)sc1C. The summed E-state index contributed by atoms with van der Waals surface area (Å²) < 4.78 is 13.3. The first kappa shape index (κ1) is 12.6. The van der Waals surface area contributed by atoms with Gasteiger partial charge in [0.25, 0.3) is 5.91 Å². The van der Waals surface area contributed by atoms with Crippen LogP contribution in [0, 0.1) is 12.9 Å². The lowest BCUT2D eigenvalue weighted by Gasteiger charge is -2.01. The lowest BCUT2D eigenvalue weighted by molar-refractivity contribution is 0.102. The Labute approximate surface area is 108 Å². The van der Waals surface area contributed by atoms with E-state index in [-0.39, 0.29) is 5.56 Å². The van der Waals surface area contributed by atoms with Gasteiger partial charge in [-0.25, -0.2) is 9.97 Å². The normalized spacial score (nSPS) is 10.4. The predicted octanol–water partition coefficient (Wildman–Crippen LogP) is 2.80. The molecule has 0 saturated carbocycles. The minimum Gasteiger partial charge on any atom is -0.298 e. The molecule has 0 fully saturated rings. The number of aromatic nitrogens is 2. The molecule has 0 atom stereocenters. The molecule has 2 aromatic heterocycles. The number of hydrogen-bond donors (Lipinski definition) is 1. The van der Waals surface area contributed by atoms with Crippen LogP contribution in [-0.2, 0) is 6.42 Å². The first-order valence-electron chi connectivity index (χ1n) is 5.50.